The number of carbonyl (C=O) groups excluding carboxylic acids is 3. The maximum atomic E-state index is 13.9. The molecule has 0 spiro atoms. The number of nitrogens with zero attached hydrogens (tertiary/aromatic N) is 4. The van der Waals surface area contributed by atoms with Crippen LogP contribution in [-0.4, -0.2) is 92.1 Å². The Labute approximate surface area is 290 Å². The Hall–Kier alpha value is -4.95. The van der Waals surface area contributed by atoms with Crippen molar-refractivity contribution < 1.29 is 32.0 Å². The molecule has 1 aliphatic rings. The highest BCUT2D eigenvalue weighted by Gasteiger charge is 2.30. The SMILES string of the molecule is Cc1ccc(CC(=NC(=O)c2cc(=O)c3cc(SC(F)(F)F)ccc3o2)C(=O)N2CCN(c3ccccc3C(=O)NCCN(C)C)CC2)cc1. The first-order valence-corrected chi connectivity index (χ1v) is 16.7. The third kappa shape index (κ3) is 9.39. The van der Waals surface area contributed by atoms with E-state index in [1.807, 2.05) is 67.2 Å². The number of benzene rings is 3. The second-order valence-corrected chi connectivity index (χ2v) is 13.2. The molecule has 5 rings (SSSR count). The zero-order chi connectivity index (χ0) is 36.0. The van der Waals surface area contributed by atoms with Gasteiger partial charge in [-0.3, -0.25) is 19.2 Å². The topological polar surface area (TPSA) is 116 Å². The lowest BCUT2D eigenvalue weighted by Crippen LogP contribution is -2.51. The zero-order valence-corrected chi connectivity index (χ0v) is 28.6. The summed E-state index contributed by atoms with van der Waals surface area (Å²) < 4.78 is 44.2. The van der Waals surface area contributed by atoms with Gasteiger partial charge in [0.15, 0.2) is 11.2 Å². The number of halogens is 3. The van der Waals surface area contributed by atoms with Crippen LogP contribution >= 0.6 is 11.8 Å². The molecule has 0 saturated carbocycles. The second kappa shape index (κ2) is 15.7. The number of amides is 3. The predicted octanol–water partition coefficient (Wildman–Crippen LogP) is 5.18. The highest BCUT2D eigenvalue weighted by atomic mass is 32.2. The third-order valence-corrected chi connectivity index (χ3v) is 8.74. The number of hydrogen-bond acceptors (Lipinski definition) is 8. The summed E-state index contributed by atoms with van der Waals surface area (Å²) in [4.78, 5) is 62.7. The van der Waals surface area contributed by atoms with Gasteiger partial charge in [-0.2, -0.15) is 13.2 Å². The Morgan fingerprint density at radius 1 is 0.960 bits per heavy atom. The summed E-state index contributed by atoms with van der Waals surface area (Å²) in [5.41, 5.74) is -2.39. The summed E-state index contributed by atoms with van der Waals surface area (Å²) in [5.74, 6) is -2.07. The van der Waals surface area contributed by atoms with Gasteiger partial charge in [-0.1, -0.05) is 42.0 Å². The molecule has 0 radical (unpaired) electrons. The monoisotopic (exact) mass is 707 g/mol. The molecule has 262 valence electrons. The predicted molar refractivity (Wildman–Crippen MR) is 187 cm³/mol. The number of hydrogen-bond donors (Lipinski definition) is 1. The summed E-state index contributed by atoms with van der Waals surface area (Å²) in [7, 11) is 3.85. The van der Waals surface area contributed by atoms with Gasteiger partial charge in [-0.15, -0.1) is 0 Å². The number of thioether (sulfide) groups is 1. The number of fused-ring (bicyclic) bond motifs is 1. The fraction of sp³-hybridized carbons (Fsp3) is 0.306. The van der Waals surface area contributed by atoms with Crippen molar-refractivity contribution in [2.75, 3.05) is 58.3 Å². The number of likely N-dealkylation sites (N-methyl/N-ethyl adjacent to an activating group) is 1. The number of aryl methyl sites for hydroxylation is 1. The summed E-state index contributed by atoms with van der Waals surface area (Å²) in [6, 6.07) is 19.0. The van der Waals surface area contributed by atoms with Crippen LogP contribution in [0.5, 0.6) is 0 Å². The van der Waals surface area contributed by atoms with Crippen molar-refractivity contribution in [3.05, 3.63) is 105 Å². The molecular formula is C36H36F3N5O5S. The largest absolute Gasteiger partial charge is 0.451 e. The average Bonchev–Trinajstić information content (AvgIpc) is 3.08. The molecule has 0 unspecified atom stereocenters. The number of alkyl halides is 3. The van der Waals surface area contributed by atoms with E-state index in [4.69, 9.17) is 4.42 Å². The van der Waals surface area contributed by atoms with Crippen LogP contribution in [0.4, 0.5) is 18.9 Å². The molecule has 2 heterocycles. The Morgan fingerprint density at radius 3 is 2.34 bits per heavy atom. The lowest BCUT2D eigenvalue weighted by Gasteiger charge is -2.37. The van der Waals surface area contributed by atoms with Gasteiger partial charge >= 0.3 is 11.4 Å². The van der Waals surface area contributed by atoms with E-state index in [0.29, 0.717) is 44.8 Å². The van der Waals surface area contributed by atoms with Crippen LogP contribution in [0, 0.1) is 6.92 Å². The van der Waals surface area contributed by atoms with E-state index < -0.39 is 28.5 Å². The lowest BCUT2D eigenvalue weighted by molar-refractivity contribution is -0.124. The van der Waals surface area contributed by atoms with E-state index in [9.17, 15) is 32.3 Å². The first kappa shape index (κ1) is 36.3. The number of nitrogens with one attached hydrogen (secondary N) is 1. The van der Waals surface area contributed by atoms with Crippen molar-refractivity contribution in [3.8, 4) is 0 Å². The van der Waals surface area contributed by atoms with E-state index >= 15 is 0 Å². The molecule has 14 heteroatoms. The molecule has 1 aromatic heterocycles. The quantitative estimate of drug-likeness (QED) is 0.177. The van der Waals surface area contributed by atoms with Gasteiger partial charge in [0, 0.05) is 62.3 Å². The standard InChI is InChI=1S/C36H36F3N5O5S/c1-23-8-10-24(11-9-23)20-28(41-34(47)32-22-30(45)27-21-25(50-36(37,38)39)12-13-31(27)49-32)35(48)44-18-16-43(17-19-44)29-7-5-4-6-26(29)33(46)40-14-15-42(2)3/h4-13,21-22H,14-20H2,1-3H3,(H,40,46). The second-order valence-electron chi connectivity index (χ2n) is 12.1. The molecule has 3 amide bonds. The molecule has 0 atom stereocenters. The van der Waals surface area contributed by atoms with Gasteiger partial charge < -0.3 is 24.4 Å². The number of rotatable bonds is 10. The van der Waals surface area contributed by atoms with Gasteiger partial charge in [-0.05, 0) is 68.7 Å². The minimum absolute atomic E-state index is 0.0247. The molecule has 3 aromatic carbocycles. The molecule has 1 fully saturated rings. The molecule has 1 saturated heterocycles. The molecule has 1 aliphatic heterocycles. The fourth-order valence-corrected chi connectivity index (χ4v) is 6.02. The first-order valence-electron chi connectivity index (χ1n) is 15.8. The van der Waals surface area contributed by atoms with Gasteiger partial charge in [-0.25, -0.2) is 4.99 Å². The maximum Gasteiger partial charge on any atom is 0.446 e. The van der Waals surface area contributed by atoms with Crippen molar-refractivity contribution in [1.29, 1.82) is 0 Å². The van der Waals surface area contributed by atoms with E-state index in [1.165, 1.54) is 6.07 Å². The minimum atomic E-state index is -4.54. The Kier molecular flexibility index (Phi) is 11.4. The van der Waals surface area contributed by atoms with E-state index in [1.54, 1.807) is 17.0 Å². The van der Waals surface area contributed by atoms with Crippen molar-refractivity contribution in [2.45, 2.75) is 23.7 Å². The first-order chi connectivity index (χ1) is 23.8. The highest BCUT2D eigenvalue weighted by molar-refractivity contribution is 8.00. The van der Waals surface area contributed by atoms with Crippen molar-refractivity contribution in [3.63, 3.8) is 0 Å². The Balaban J connectivity index is 1.36. The van der Waals surface area contributed by atoms with Gasteiger partial charge in [0.05, 0.1) is 10.9 Å². The molecule has 10 nitrogen and oxygen atoms in total. The highest BCUT2D eigenvalue weighted by Crippen LogP contribution is 2.37. The van der Waals surface area contributed by atoms with Crippen LogP contribution in [0.15, 0.2) is 91.9 Å². The maximum absolute atomic E-state index is 13.9. The normalized spacial score (nSPS) is 13.9. The van der Waals surface area contributed by atoms with E-state index in [0.717, 1.165) is 35.0 Å². The average molecular weight is 708 g/mol. The van der Waals surface area contributed by atoms with E-state index in [-0.39, 0.29) is 45.7 Å². The van der Waals surface area contributed by atoms with Crippen molar-refractivity contribution in [1.82, 2.24) is 15.1 Å². The minimum Gasteiger partial charge on any atom is -0.451 e. The summed E-state index contributed by atoms with van der Waals surface area (Å²) in [5, 5.41) is 2.82. The van der Waals surface area contributed by atoms with Crippen LogP contribution < -0.4 is 15.6 Å². The Morgan fingerprint density at radius 2 is 1.66 bits per heavy atom. The van der Waals surface area contributed by atoms with Crippen LogP contribution in [0.25, 0.3) is 11.0 Å². The summed E-state index contributed by atoms with van der Waals surface area (Å²) >= 11 is -0.368. The molecule has 50 heavy (non-hydrogen) atoms. The molecule has 0 bridgehead atoms. The third-order valence-electron chi connectivity index (χ3n) is 8.02. The summed E-state index contributed by atoms with van der Waals surface area (Å²) in [6.45, 7) is 4.54. The number of anilines is 1. The molecule has 4 aromatic rings. The van der Waals surface area contributed by atoms with Crippen molar-refractivity contribution in [2.24, 2.45) is 4.99 Å². The molecule has 0 aliphatic carbocycles. The number of aliphatic imine (C=N–C) groups is 1. The van der Waals surface area contributed by atoms with Crippen LogP contribution in [0.2, 0.25) is 0 Å². The van der Waals surface area contributed by atoms with Crippen LogP contribution in [0.3, 0.4) is 0 Å². The van der Waals surface area contributed by atoms with Gasteiger partial charge in [0.1, 0.15) is 11.3 Å². The fourth-order valence-electron chi connectivity index (χ4n) is 5.44. The smallest absolute Gasteiger partial charge is 0.446 e. The zero-order valence-electron chi connectivity index (χ0n) is 27.8. The number of para-hydroxylation sites is 1. The lowest BCUT2D eigenvalue weighted by atomic mass is 10.0. The summed E-state index contributed by atoms with van der Waals surface area (Å²) in [6.07, 6.45) is 0.0247. The number of carbonyl (C=O) groups is 3. The van der Waals surface area contributed by atoms with Crippen LogP contribution in [0.1, 0.15) is 32.0 Å². The van der Waals surface area contributed by atoms with Crippen LogP contribution in [-0.2, 0) is 11.2 Å². The molecular weight excluding hydrogens is 671 g/mol. The van der Waals surface area contributed by atoms with E-state index in [2.05, 4.69) is 10.3 Å². The molecule has 1 N–H and O–H groups in total. The number of piperazine rings is 1. The van der Waals surface area contributed by atoms with Gasteiger partial charge in [0.25, 0.3) is 11.8 Å². The van der Waals surface area contributed by atoms with Gasteiger partial charge in [0.2, 0.25) is 0 Å². The Bertz CT molecular complexity index is 1970. The van der Waals surface area contributed by atoms with Crippen molar-refractivity contribution >= 4 is 51.9 Å².